The Morgan fingerprint density at radius 1 is 1.21 bits per heavy atom. The molecule has 24 heavy (non-hydrogen) atoms. The summed E-state index contributed by atoms with van der Waals surface area (Å²) in [7, 11) is 0. The third-order valence-corrected chi connectivity index (χ3v) is 3.29. The van der Waals surface area contributed by atoms with Crippen molar-refractivity contribution >= 4 is 17.6 Å². The number of aliphatic imine (C=N–C) groups is 1. The summed E-state index contributed by atoms with van der Waals surface area (Å²) >= 11 is 0. The van der Waals surface area contributed by atoms with Gasteiger partial charge in [-0.1, -0.05) is 29.8 Å². The van der Waals surface area contributed by atoms with Crippen LogP contribution in [0, 0.1) is 12.7 Å². The Morgan fingerprint density at radius 3 is 2.67 bits per heavy atom. The fourth-order valence-corrected chi connectivity index (χ4v) is 2.09. The normalized spacial score (nSPS) is 11.2. The summed E-state index contributed by atoms with van der Waals surface area (Å²) in [5, 5.41) is 5.70. The molecule has 0 aromatic heterocycles. The number of hydrogen-bond acceptors (Lipinski definition) is 2. The van der Waals surface area contributed by atoms with Crippen LogP contribution in [0.5, 0.6) is 0 Å². The summed E-state index contributed by atoms with van der Waals surface area (Å²) in [6.45, 7) is 2.73. The van der Waals surface area contributed by atoms with Crippen molar-refractivity contribution in [2.24, 2.45) is 10.7 Å². The summed E-state index contributed by atoms with van der Waals surface area (Å²) < 4.78 is 13.0. The number of nitrogens with one attached hydrogen (secondary N) is 2. The number of carbonyl (C=O) groups excluding carboxylic acids is 1. The van der Waals surface area contributed by atoms with Crippen LogP contribution in [-0.2, 0) is 11.2 Å². The second kappa shape index (κ2) is 8.67. The Morgan fingerprint density at radius 2 is 1.96 bits per heavy atom. The van der Waals surface area contributed by atoms with E-state index in [2.05, 4.69) is 15.6 Å². The predicted molar refractivity (Wildman–Crippen MR) is 94.4 cm³/mol. The van der Waals surface area contributed by atoms with Crippen molar-refractivity contribution in [2.75, 3.05) is 18.4 Å². The molecule has 0 aliphatic carbocycles. The van der Waals surface area contributed by atoms with Gasteiger partial charge in [-0.2, -0.15) is 0 Å². The van der Waals surface area contributed by atoms with Gasteiger partial charge in [0, 0.05) is 12.2 Å². The largest absolute Gasteiger partial charge is 0.370 e. The molecular weight excluding hydrogens is 307 g/mol. The van der Waals surface area contributed by atoms with Gasteiger partial charge < -0.3 is 16.4 Å². The van der Waals surface area contributed by atoms with E-state index in [0.29, 0.717) is 24.6 Å². The number of benzene rings is 2. The van der Waals surface area contributed by atoms with Crippen molar-refractivity contribution in [2.45, 2.75) is 13.3 Å². The molecule has 2 aromatic rings. The molecule has 0 aliphatic heterocycles. The van der Waals surface area contributed by atoms with E-state index in [1.807, 2.05) is 31.2 Å². The van der Waals surface area contributed by atoms with Crippen molar-refractivity contribution in [1.29, 1.82) is 0 Å². The highest BCUT2D eigenvalue weighted by Gasteiger charge is 2.03. The molecule has 0 saturated carbocycles. The molecule has 126 valence electrons. The molecule has 0 atom stereocenters. The zero-order valence-electron chi connectivity index (χ0n) is 13.6. The van der Waals surface area contributed by atoms with Crippen molar-refractivity contribution in [3.05, 3.63) is 65.5 Å². The first-order chi connectivity index (χ1) is 11.5. The Hall–Kier alpha value is -2.89. The van der Waals surface area contributed by atoms with E-state index in [1.54, 1.807) is 12.1 Å². The number of rotatable bonds is 6. The molecule has 0 unspecified atom stereocenters. The topological polar surface area (TPSA) is 79.5 Å². The van der Waals surface area contributed by atoms with Gasteiger partial charge in [0.25, 0.3) is 0 Å². The van der Waals surface area contributed by atoms with Crippen LogP contribution >= 0.6 is 0 Å². The Labute approximate surface area is 140 Å². The maximum Gasteiger partial charge on any atom is 0.224 e. The molecule has 2 rings (SSSR count). The maximum atomic E-state index is 13.0. The van der Waals surface area contributed by atoms with Gasteiger partial charge in [-0.25, -0.2) is 4.39 Å². The smallest absolute Gasteiger partial charge is 0.224 e. The van der Waals surface area contributed by atoms with Crippen LogP contribution in [-0.4, -0.2) is 25.0 Å². The lowest BCUT2D eigenvalue weighted by molar-refractivity contribution is -0.120. The fourth-order valence-electron chi connectivity index (χ4n) is 2.09. The third kappa shape index (κ3) is 6.08. The van der Waals surface area contributed by atoms with Crippen LogP contribution in [0.15, 0.2) is 53.5 Å². The molecule has 0 saturated heterocycles. The SMILES string of the molecule is Cc1ccc(NC(N)=NCCNC(=O)Cc2cccc(F)c2)cc1. The standard InChI is InChI=1S/C18H21FN4O/c1-13-5-7-16(8-6-13)23-18(20)22-10-9-21-17(24)12-14-3-2-4-15(19)11-14/h2-8,11H,9-10,12H2,1H3,(H,21,24)(H3,20,22,23). The Bertz CT molecular complexity index is 713. The zero-order chi connectivity index (χ0) is 17.4. The first kappa shape index (κ1) is 17.5. The van der Waals surface area contributed by atoms with E-state index < -0.39 is 0 Å². The lowest BCUT2D eigenvalue weighted by Crippen LogP contribution is -2.29. The van der Waals surface area contributed by atoms with Gasteiger partial charge in [0.05, 0.1) is 13.0 Å². The first-order valence-corrected chi connectivity index (χ1v) is 7.68. The summed E-state index contributed by atoms with van der Waals surface area (Å²) in [6.07, 6.45) is 0.137. The number of hydrogen-bond donors (Lipinski definition) is 3. The summed E-state index contributed by atoms with van der Waals surface area (Å²) in [5.41, 5.74) is 8.44. The van der Waals surface area contributed by atoms with E-state index in [0.717, 1.165) is 11.3 Å². The van der Waals surface area contributed by atoms with E-state index in [1.165, 1.54) is 12.1 Å². The Kier molecular flexibility index (Phi) is 6.31. The van der Waals surface area contributed by atoms with Gasteiger partial charge in [0.2, 0.25) is 5.91 Å². The molecule has 0 spiro atoms. The Balaban J connectivity index is 1.71. The van der Waals surface area contributed by atoms with Crippen molar-refractivity contribution in [3.8, 4) is 0 Å². The molecule has 4 N–H and O–H groups in total. The average Bonchev–Trinajstić information content (AvgIpc) is 2.54. The number of amides is 1. The van der Waals surface area contributed by atoms with Crippen LogP contribution in [0.4, 0.5) is 10.1 Å². The van der Waals surface area contributed by atoms with E-state index in [4.69, 9.17) is 5.73 Å². The zero-order valence-corrected chi connectivity index (χ0v) is 13.6. The highest BCUT2D eigenvalue weighted by Crippen LogP contribution is 2.07. The molecule has 2 aromatic carbocycles. The summed E-state index contributed by atoms with van der Waals surface area (Å²) in [4.78, 5) is 15.9. The predicted octanol–water partition coefficient (Wildman–Crippen LogP) is 2.22. The molecule has 5 nitrogen and oxygen atoms in total. The molecule has 6 heteroatoms. The van der Waals surface area contributed by atoms with Crippen LogP contribution in [0.3, 0.4) is 0 Å². The highest BCUT2D eigenvalue weighted by molar-refractivity contribution is 5.92. The van der Waals surface area contributed by atoms with Gasteiger partial charge in [-0.05, 0) is 36.8 Å². The summed E-state index contributed by atoms with van der Waals surface area (Å²) in [6, 6.07) is 13.8. The number of aryl methyl sites for hydroxylation is 1. The van der Waals surface area contributed by atoms with Gasteiger partial charge in [0.1, 0.15) is 5.82 Å². The molecule has 0 heterocycles. The van der Waals surface area contributed by atoms with Crippen LogP contribution in [0.1, 0.15) is 11.1 Å². The second-order valence-corrected chi connectivity index (χ2v) is 5.41. The quantitative estimate of drug-likeness (QED) is 0.432. The molecule has 0 radical (unpaired) electrons. The minimum Gasteiger partial charge on any atom is -0.370 e. The lowest BCUT2D eigenvalue weighted by Gasteiger charge is -2.07. The highest BCUT2D eigenvalue weighted by atomic mass is 19.1. The molecule has 0 fully saturated rings. The minimum atomic E-state index is -0.347. The minimum absolute atomic E-state index is 0.137. The van der Waals surface area contributed by atoms with E-state index >= 15 is 0 Å². The van der Waals surface area contributed by atoms with Crippen LogP contribution < -0.4 is 16.4 Å². The molecule has 0 bridgehead atoms. The monoisotopic (exact) mass is 328 g/mol. The van der Waals surface area contributed by atoms with Gasteiger partial charge in [-0.3, -0.25) is 9.79 Å². The van der Waals surface area contributed by atoms with Crippen LogP contribution in [0.2, 0.25) is 0 Å². The van der Waals surface area contributed by atoms with Crippen molar-refractivity contribution in [1.82, 2.24) is 5.32 Å². The first-order valence-electron chi connectivity index (χ1n) is 7.68. The fraction of sp³-hybridized carbons (Fsp3) is 0.222. The van der Waals surface area contributed by atoms with Crippen molar-refractivity contribution in [3.63, 3.8) is 0 Å². The maximum absolute atomic E-state index is 13.0. The van der Waals surface area contributed by atoms with E-state index in [9.17, 15) is 9.18 Å². The number of guanidine groups is 1. The number of halogens is 1. The number of carbonyl (C=O) groups is 1. The third-order valence-electron chi connectivity index (χ3n) is 3.29. The molecule has 0 aliphatic rings. The van der Waals surface area contributed by atoms with Gasteiger partial charge in [0.15, 0.2) is 5.96 Å². The second-order valence-electron chi connectivity index (χ2n) is 5.41. The number of nitrogens with zero attached hydrogens (tertiary/aromatic N) is 1. The van der Waals surface area contributed by atoms with Gasteiger partial charge >= 0.3 is 0 Å². The lowest BCUT2D eigenvalue weighted by atomic mass is 10.1. The summed E-state index contributed by atoms with van der Waals surface area (Å²) in [5.74, 6) is -0.237. The van der Waals surface area contributed by atoms with E-state index in [-0.39, 0.29) is 18.1 Å². The number of anilines is 1. The molecule has 1 amide bonds. The average molecular weight is 328 g/mol. The molecular formula is C18H21FN4O. The van der Waals surface area contributed by atoms with Gasteiger partial charge in [-0.15, -0.1) is 0 Å². The number of nitrogens with two attached hydrogens (primary N) is 1. The van der Waals surface area contributed by atoms with Crippen LogP contribution in [0.25, 0.3) is 0 Å². The van der Waals surface area contributed by atoms with Crippen molar-refractivity contribution < 1.29 is 9.18 Å².